The van der Waals surface area contributed by atoms with E-state index in [9.17, 15) is 14.4 Å². The summed E-state index contributed by atoms with van der Waals surface area (Å²) in [6, 6.07) is 17.4. The van der Waals surface area contributed by atoms with Crippen molar-refractivity contribution in [1.82, 2.24) is 5.32 Å². The Bertz CT molecular complexity index is 1220. The molecule has 0 unspecified atom stereocenters. The number of amides is 3. The Morgan fingerprint density at radius 1 is 1.00 bits per heavy atom. The van der Waals surface area contributed by atoms with Crippen LogP contribution in [0.4, 0.5) is 11.4 Å². The number of rotatable bonds is 10. The first-order valence-corrected chi connectivity index (χ1v) is 14.1. The van der Waals surface area contributed by atoms with E-state index in [1.54, 1.807) is 29.2 Å². The van der Waals surface area contributed by atoms with Gasteiger partial charge in [0.2, 0.25) is 17.7 Å². The summed E-state index contributed by atoms with van der Waals surface area (Å²) < 4.78 is 5.93. The Labute approximate surface area is 228 Å². The van der Waals surface area contributed by atoms with Gasteiger partial charge in [-0.05, 0) is 61.5 Å². The average Bonchev–Trinajstić information content (AvgIpc) is 3.42. The summed E-state index contributed by atoms with van der Waals surface area (Å²) in [6.45, 7) is 3.78. The van der Waals surface area contributed by atoms with E-state index in [1.807, 2.05) is 48.7 Å². The molecule has 1 heterocycles. The van der Waals surface area contributed by atoms with Crippen LogP contribution in [0.3, 0.4) is 0 Å². The van der Waals surface area contributed by atoms with E-state index in [4.69, 9.17) is 4.74 Å². The zero-order valence-electron chi connectivity index (χ0n) is 21.9. The lowest BCUT2D eigenvalue weighted by Crippen LogP contribution is -2.47. The molecular formula is C30H35N3O4S. The quantitative estimate of drug-likeness (QED) is 0.341. The van der Waals surface area contributed by atoms with Crippen LogP contribution >= 0.6 is 11.3 Å². The summed E-state index contributed by atoms with van der Waals surface area (Å²) in [7, 11) is 0. The molecule has 2 aromatic carbocycles. The number of hydrogen-bond donors (Lipinski definition) is 2. The lowest BCUT2D eigenvalue weighted by atomic mass is 9.94. The smallest absolute Gasteiger partial charge is 0.248 e. The van der Waals surface area contributed by atoms with Gasteiger partial charge >= 0.3 is 0 Å². The van der Waals surface area contributed by atoms with Crippen LogP contribution in [0.1, 0.15) is 62.4 Å². The summed E-state index contributed by atoms with van der Waals surface area (Å²) in [5, 5.41) is 7.94. The molecule has 3 aromatic rings. The Hall–Kier alpha value is -3.65. The van der Waals surface area contributed by atoms with Gasteiger partial charge in [0.15, 0.2) is 0 Å². The number of anilines is 2. The van der Waals surface area contributed by atoms with Crippen LogP contribution in [-0.2, 0) is 20.8 Å². The van der Waals surface area contributed by atoms with Crippen LogP contribution in [0.15, 0.2) is 66.0 Å². The lowest BCUT2D eigenvalue weighted by molar-refractivity contribution is -0.127. The number of benzene rings is 2. The van der Waals surface area contributed by atoms with Gasteiger partial charge < -0.3 is 15.4 Å². The third kappa shape index (κ3) is 7.01. The monoisotopic (exact) mass is 533 g/mol. The number of carbonyl (C=O) groups is 3. The largest absolute Gasteiger partial charge is 0.493 e. The molecule has 38 heavy (non-hydrogen) atoms. The molecule has 3 amide bonds. The maximum Gasteiger partial charge on any atom is 0.248 e. The number of hydrogen-bond acceptors (Lipinski definition) is 5. The molecule has 0 radical (unpaired) electrons. The van der Waals surface area contributed by atoms with E-state index in [0.29, 0.717) is 29.3 Å². The minimum absolute atomic E-state index is 0.0781. The molecule has 1 aliphatic carbocycles. The van der Waals surface area contributed by atoms with Crippen molar-refractivity contribution in [2.24, 2.45) is 0 Å². The molecule has 1 atom stereocenters. The van der Waals surface area contributed by atoms with Crippen LogP contribution in [0.2, 0.25) is 0 Å². The lowest BCUT2D eigenvalue weighted by Gasteiger charge is -2.34. The molecule has 8 heteroatoms. The SMILES string of the molecule is CCOc1ccccc1[C@@H](C(=O)NC1CCCCC1)N(C(=O)Cc1cccs1)c1ccc(NC(C)=O)cc1. The van der Waals surface area contributed by atoms with Gasteiger partial charge in [-0.15, -0.1) is 11.3 Å². The normalized spacial score (nSPS) is 14.4. The maximum atomic E-state index is 14.1. The van der Waals surface area contributed by atoms with Crippen LogP contribution < -0.4 is 20.3 Å². The molecule has 0 spiro atoms. The first-order valence-electron chi connectivity index (χ1n) is 13.2. The van der Waals surface area contributed by atoms with Crippen LogP contribution in [0.25, 0.3) is 0 Å². The molecule has 4 rings (SSSR count). The fourth-order valence-corrected chi connectivity index (χ4v) is 5.61. The topological polar surface area (TPSA) is 87.7 Å². The minimum atomic E-state index is -0.932. The van der Waals surface area contributed by atoms with Gasteiger partial charge in [-0.3, -0.25) is 19.3 Å². The molecule has 1 saturated carbocycles. The molecular weight excluding hydrogens is 498 g/mol. The summed E-state index contributed by atoms with van der Waals surface area (Å²) >= 11 is 1.51. The van der Waals surface area contributed by atoms with E-state index in [0.717, 1.165) is 30.6 Å². The fourth-order valence-electron chi connectivity index (χ4n) is 4.91. The average molecular weight is 534 g/mol. The minimum Gasteiger partial charge on any atom is -0.493 e. The van der Waals surface area contributed by atoms with E-state index in [1.165, 1.54) is 24.7 Å². The molecule has 0 saturated heterocycles. The zero-order valence-corrected chi connectivity index (χ0v) is 22.8. The van der Waals surface area contributed by atoms with Gasteiger partial charge in [-0.25, -0.2) is 0 Å². The van der Waals surface area contributed by atoms with Crippen LogP contribution in [-0.4, -0.2) is 30.4 Å². The predicted octanol–water partition coefficient (Wildman–Crippen LogP) is 5.87. The van der Waals surface area contributed by atoms with Gasteiger partial charge in [-0.1, -0.05) is 43.5 Å². The van der Waals surface area contributed by atoms with Crippen molar-refractivity contribution in [2.75, 3.05) is 16.8 Å². The molecule has 1 aromatic heterocycles. The summed E-state index contributed by atoms with van der Waals surface area (Å²) in [4.78, 5) is 42.1. The van der Waals surface area contributed by atoms with Crippen molar-refractivity contribution in [3.05, 3.63) is 76.5 Å². The van der Waals surface area contributed by atoms with Crippen molar-refractivity contribution >= 4 is 40.4 Å². The molecule has 1 fully saturated rings. The van der Waals surface area contributed by atoms with Gasteiger partial charge in [0.05, 0.1) is 13.0 Å². The maximum absolute atomic E-state index is 14.1. The number of nitrogens with one attached hydrogen (secondary N) is 2. The second kappa shape index (κ2) is 13.2. The Morgan fingerprint density at radius 3 is 2.39 bits per heavy atom. The zero-order chi connectivity index (χ0) is 26.9. The van der Waals surface area contributed by atoms with Gasteiger partial charge in [0, 0.05) is 34.8 Å². The van der Waals surface area contributed by atoms with Crippen molar-refractivity contribution in [2.45, 2.75) is 64.5 Å². The summed E-state index contributed by atoms with van der Waals surface area (Å²) in [5.74, 6) is -0.0364. The Balaban J connectivity index is 1.78. The standard InChI is InChI=1S/C30H35N3O4S/c1-3-37-27-14-8-7-13-26(27)29(30(36)32-22-10-5-4-6-11-22)33(28(35)20-25-12-9-19-38-25)24-17-15-23(16-18-24)31-21(2)34/h7-9,12-19,22,29H,3-6,10-11,20H2,1-2H3,(H,31,34)(H,32,36)/t29-/m0/s1. The third-order valence-electron chi connectivity index (χ3n) is 6.61. The van der Waals surface area contributed by atoms with Gasteiger partial charge in [-0.2, -0.15) is 0 Å². The molecule has 1 aliphatic rings. The fraction of sp³-hybridized carbons (Fsp3) is 0.367. The highest BCUT2D eigenvalue weighted by atomic mass is 32.1. The van der Waals surface area contributed by atoms with Crippen molar-refractivity contribution < 1.29 is 19.1 Å². The molecule has 200 valence electrons. The first-order chi connectivity index (χ1) is 18.5. The number of para-hydroxylation sites is 1. The van der Waals surface area contributed by atoms with Crippen molar-refractivity contribution in [1.29, 1.82) is 0 Å². The van der Waals surface area contributed by atoms with Crippen LogP contribution in [0, 0.1) is 0 Å². The number of nitrogens with zero attached hydrogens (tertiary/aromatic N) is 1. The highest BCUT2D eigenvalue weighted by molar-refractivity contribution is 7.10. The van der Waals surface area contributed by atoms with E-state index in [-0.39, 0.29) is 30.2 Å². The van der Waals surface area contributed by atoms with Crippen LogP contribution in [0.5, 0.6) is 5.75 Å². The highest BCUT2D eigenvalue weighted by Crippen LogP contribution is 2.35. The number of carbonyl (C=O) groups excluding carboxylic acids is 3. The summed E-state index contributed by atoms with van der Waals surface area (Å²) in [5.41, 5.74) is 1.81. The second-order valence-corrected chi connectivity index (χ2v) is 10.5. The van der Waals surface area contributed by atoms with Gasteiger partial charge in [0.1, 0.15) is 11.8 Å². The van der Waals surface area contributed by atoms with Gasteiger partial charge in [0.25, 0.3) is 0 Å². The Kier molecular flexibility index (Phi) is 9.54. The van der Waals surface area contributed by atoms with E-state index < -0.39 is 6.04 Å². The first kappa shape index (κ1) is 27.4. The second-order valence-electron chi connectivity index (χ2n) is 9.46. The molecule has 2 N–H and O–H groups in total. The molecule has 0 bridgehead atoms. The Morgan fingerprint density at radius 2 is 1.74 bits per heavy atom. The van der Waals surface area contributed by atoms with Crippen molar-refractivity contribution in [3.8, 4) is 5.75 Å². The van der Waals surface area contributed by atoms with E-state index in [2.05, 4.69) is 10.6 Å². The highest BCUT2D eigenvalue weighted by Gasteiger charge is 2.36. The molecule has 0 aliphatic heterocycles. The number of thiophene rings is 1. The summed E-state index contributed by atoms with van der Waals surface area (Å²) in [6.07, 6.45) is 5.36. The predicted molar refractivity (Wildman–Crippen MR) is 152 cm³/mol. The molecule has 7 nitrogen and oxygen atoms in total. The van der Waals surface area contributed by atoms with Crippen molar-refractivity contribution in [3.63, 3.8) is 0 Å². The van der Waals surface area contributed by atoms with E-state index >= 15 is 0 Å². The third-order valence-corrected chi connectivity index (χ3v) is 7.49. The number of ether oxygens (including phenoxy) is 1.